The normalized spacial score (nSPS) is 13.7. The third-order valence-electron chi connectivity index (χ3n) is 2.09. The van der Waals surface area contributed by atoms with Gasteiger partial charge in [0.05, 0.1) is 6.10 Å². The predicted octanol–water partition coefficient (Wildman–Crippen LogP) is 1.33. The molecule has 0 aliphatic rings. The van der Waals surface area contributed by atoms with Crippen LogP contribution in [0.15, 0.2) is 24.3 Å². The zero-order valence-electron chi connectivity index (χ0n) is 10.2. The Kier molecular flexibility index (Phi) is 4.50. The van der Waals surface area contributed by atoms with Gasteiger partial charge in [0.2, 0.25) is 0 Å². The van der Waals surface area contributed by atoms with E-state index in [1.165, 1.54) is 0 Å². The van der Waals surface area contributed by atoms with Crippen LogP contribution in [0.3, 0.4) is 0 Å². The van der Waals surface area contributed by atoms with Gasteiger partial charge < -0.3 is 4.74 Å². The minimum atomic E-state index is -3.72. The average molecular weight is 258 g/mol. The van der Waals surface area contributed by atoms with Gasteiger partial charge in [-0.1, -0.05) is 18.2 Å². The van der Waals surface area contributed by atoms with Gasteiger partial charge >= 0.3 is 0 Å². The van der Waals surface area contributed by atoms with Crippen molar-refractivity contribution in [3.05, 3.63) is 29.8 Å². The van der Waals surface area contributed by atoms with Crippen molar-refractivity contribution >= 4 is 10.2 Å². The molecule has 1 atom stereocenters. The topological polar surface area (TPSA) is 81.4 Å². The van der Waals surface area contributed by atoms with Crippen molar-refractivity contribution in [3.63, 3.8) is 0 Å². The Hall–Kier alpha value is -1.11. The van der Waals surface area contributed by atoms with E-state index in [4.69, 9.17) is 9.88 Å². The van der Waals surface area contributed by atoms with E-state index in [2.05, 4.69) is 4.72 Å². The molecule has 1 aromatic carbocycles. The van der Waals surface area contributed by atoms with Crippen molar-refractivity contribution in [3.8, 4) is 5.75 Å². The zero-order valence-corrected chi connectivity index (χ0v) is 11.0. The van der Waals surface area contributed by atoms with E-state index < -0.39 is 16.3 Å². The van der Waals surface area contributed by atoms with E-state index in [0.29, 0.717) is 5.75 Å². The lowest BCUT2D eigenvalue weighted by Crippen LogP contribution is -2.33. The lowest BCUT2D eigenvalue weighted by atomic mass is 10.1. The molecule has 3 N–H and O–H groups in total. The Morgan fingerprint density at radius 1 is 1.24 bits per heavy atom. The van der Waals surface area contributed by atoms with Gasteiger partial charge in [0.25, 0.3) is 10.2 Å². The van der Waals surface area contributed by atoms with Gasteiger partial charge in [0, 0.05) is 11.6 Å². The molecule has 0 radical (unpaired) electrons. The molecule has 96 valence electrons. The number of nitrogens with one attached hydrogen (secondary N) is 1. The number of para-hydroxylation sites is 1. The Labute approximate surface area is 102 Å². The zero-order chi connectivity index (χ0) is 13.1. The largest absolute Gasteiger partial charge is 0.491 e. The Morgan fingerprint density at radius 2 is 1.82 bits per heavy atom. The Balaban J connectivity index is 2.96. The third kappa shape index (κ3) is 4.72. The summed E-state index contributed by atoms with van der Waals surface area (Å²) in [6.45, 7) is 5.54. The van der Waals surface area contributed by atoms with Crippen LogP contribution >= 0.6 is 0 Å². The van der Waals surface area contributed by atoms with Crippen LogP contribution in [0.5, 0.6) is 5.75 Å². The number of hydrogen-bond acceptors (Lipinski definition) is 3. The van der Waals surface area contributed by atoms with Crippen LogP contribution in [0.2, 0.25) is 0 Å². The highest BCUT2D eigenvalue weighted by Gasteiger charge is 2.15. The van der Waals surface area contributed by atoms with Crippen LogP contribution in [0.25, 0.3) is 0 Å². The van der Waals surface area contributed by atoms with Crippen molar-refractivity contribution in [2.75, 3.05) is 0 Å². The first-order valence-electron chi connectivity index (χ1n) is 5.35. The Bertz CT molecular complexity index is 471. The third-order valence-corrected chi connectivity index (χ3v) is 2.77. The fraction of sp³-hybridized carbons (Fsp3) is 0.455. The smallest absolute Gasteiger partial charge is 0.274 e. The SMILES string of the molecule is CC(C)Oc1ccccc1C(C)NS(N)(=O)=O. The molecule has 1 aromatic rings. The molecule has 0 aliphatic carbocycles. The summed E-state index contributed by atoms with van der Waals surface area (Å²) >= 11 is 0. The molecule has 0 fully saturated rings. The highest BCUT2D eigenvalue weighted by atomic mass is 32.2. The van der Waals surface area contributed by atoms with Gasteiger partial charge in [-0.25, -0.2) is 5.14 Å². The van der Waals surface area contributed by atoms with Crippen molar-refractivity contribution in [2.24, 2.45) is 5.14 Å². The van der Waals surface area contributed by atoms with Crippen LogP contribution in [-0.2, 0) is 10.2 Å². The van der Waals surface area contributed by atoms with Crippen LogP contribution in [-0.4, -0.2) is 14.5 Å². The maximum absolute atomic E-state index is 11.0. The second kappa shape index (κ2) is 5.48. The van der Waals surface area contributed by atoms with Gasteiger partial charge in [0.1, 0.15) is 5.75 Å². The molecular formula is C11H18N2O3S. The summed E-state index contributed by atoms with van der Waals surface area (Å²) in [5.74, 6) is 0.658. The fourth-order valence-corrected chi connectivity index (χ4v) is 2.13. The highest BCUT2D eigenvalue weighted by Crippen LogP contribution is 2.25. The Morgan fingerprint density at radius 3 is 2.35 bits per heavy atom. The second-order valence-electron chi connectivity index (χ2n) is 4.09. The van der Waals surface area contributed by atoms with E-state index in [1.807, 2.05) is 26.0 Å². The van der Waals surface area contributed by atoms with Crippen molar-refractivity contribution in [1.82, 2.24) is 4.72 Å². The van der Waals surface area contributed by atoms with Crippen LogP contribution in [0, 0.1) is 0 Å². The van der Waals surface area contributed by atoms with Crippen molar-refractivity contribution in [1.29, 1.82) is 0 Å². The molecule has 0 amide bonds. The van der Waals surface area contributed by atoms with Crippen molar-refractivity contribution in [2.45, 2.75) is 32.9 Å². The molecule has 6 heteroatoms. The minimum absolute atomic E-state index is 0.0258. The molecule has 0 aromatic heterocycles. The summed E-state index contributed by atoms with van der Waals surface area (Å²) < 4.78 is 29.9. The van der Waals surface area contributed by atoms with Crippen LogP contribution < -0.4 is 14.6 Å². The van der Waals surface area contributed by atoms with Gasteiger partial charge in [-0.2, -0.15) is 13.1 Å². The predicted molar refractivity (Wildman–Crippen MR) is 66.9 cm³/mol. The lowest BCUT2D eigenvalue weighted by molar-refractivity contribution is 0.238. The lowest BCUT2D eigenvalue weighted by Gasteiger charge is -2.18. The first-order valence-corrected chi connectivity index (χ1v) is 6.90. The van der Waals surface area contributed by atoms with Gasteiger partial charge in [-0.3, -0.25) is 0 Å². The summed E-state index contributed by atoms with van der Waals surface area (Å²) in [6, 6.07) is 6.84. The fourth-order valence-electron chi connectivity index (χ4n) is 1.51. The summed E-state index contributed by atoms with van der Waals surface area (Å²) in [5.41, 5.74) is 0.759. The molecular weight excluding hydrogens is 240 g/mol. The monoisotopic (exact) mass is 258 g/mol. The molecule has 0 aliphatic heterocycles. The molecule has 0 saturated carbocycles. The summed E-state index contributed by atoms with van der Waals surface area (Å²) in [6.07, 6.45) is 0.0258. The highest BCUT2D eigenvalue weighted by molar-refractivity contribution is 7.87. The van der Waals surface area contributed by atoms with Crippen LogP contribution in [0.1, 0.15) is 32.4 Å². The molecule has 0 spiro atoms. The molecule has 17 heavy (non-hydrogen) atoms. The summed E-state index contributed by atoms with van der Waals surface area (Å²) in [5, 5.41) is 4.95. The van der Waals surface area contributed by atoms with Crippen LogP contribution in [0.4, 0.5) is 0 Å². The van der Waals surface area contributed by atoms with Gasteiger partial charge in [-0.05, 0) is 26.8 Å². The molecule has 5 nitrogen and oxygen atoms in total. The van der Waals surface area contributed by atoms with E-state index in [0.717, 1.165) is 5.56 Å². The number of rotatable bonds is 5. The quantitative estimate of drug-likeness (QED) is 0.836. The van der Waals surface area contributed by atoms with Crippen molar-refractivity contribution < 1.29 is 13.2 Å². The standard InChI is InChI=1S/C11H18N2O3S/c1-8(2)16-11-7-5-4-6-10(11)9(3)13-17(12,14)15/h4-9,13H,1-3H3,(H2,12,14,15). The maximum atomic E-state index is 11.0. The van der Waals surface area contributed by atoms with E-state index >= 15 is 0 Å². The summed E-state index contributed by atoms with van der Waals surface area (Å²) in [4.78, 5) is 0. The maximum Gasteiger partial charge on any atom is 0.274 e. The van der Waals surface area contributed by atoms with E-state index in [1.54, 1.807) is 19.1 Å². The molecule has 0 heterocycles. The number of benzene rings is 1. The molecule has 1 rings (SSSR count). The number of nitrogens with two attached hydrogens (primary N) is 1. The second-order valence-corrected chi connectivity index (χ2v) is 5.41. The van der Waals surface area contributed by atoms with Gasteiger partial charge in [-0.15, -0.1) is 0 Å². The number of ether oxygens (including phenoxy) is 1. The molecule has 0 saturated heterocycles. The molecule has 0 bridgehead atoms. The van der Waals surface area contributed by atoms with Gasteiger partial charge in [0.15, 0.2) is 0 Å². The average Bonchev–Trinajstić information content (AvgIpc) is 2.14. The van der Waals surface area contributed by atoms with E-state index in [9.17, 15) is 8.42 Å². The first kappa shape index (κ1) is 14.0. The minimum Gasteiger partial charge on any atom is -0.491 e. The van der Waals surface area contributed by atoms with E-state index in [-0.39, 0.29) is 6.10 Å². The summed E-state index contributed by atoms with van der Waals surface area (Å²) in [7, 11) is -3.72. The first-order chi connectivity index (χ1) is 7.79. The number of hydrogen-bond donors (Lipinski definition) is 2. The molecule has 1 unspecified atom stereocenters.